The first-order chi connectivity index (χ1) is 19.0. The van der Waals surface area contributed by atoms with E-state index in [1.165, 1.54) is 39.4 Å². The Kier molecular flexibility index (Phi) is 7.27. The minimum atomic E-state index is -0.565. The summed E-state index contributed by atoms with van der Waals surface area (Å²) in [7, 11) is 0. The molecule has 3 aliphatic rings. The summed E-state index contributed by atoms with van der Waals surface area (Å²) in [6.07, 6.45) is 11.8. The van der Waals surface area contributed by atoms with Crippen LogP contribution in [0.15, 0.2) is 42.6 Å². The lowest BCUT2D eigenvalue weighted by molar-refractivity contribution is -0.145. The number of carbonyl (C=O) groups is 2. The molecule has 0 unspecified atom stereocenters. The maximum atomic E-state index is 14.5. The fourth-order valence-electron chi connectivity index (χ4n) is 6.85. The van der Waals surface area contributed by atoms with Gasteiger partial charge in [0.2, 0.25) is 0 Å². The Bertz CT molecular complexity index is 1350. The highest BCUT2D eigenvalue weighted by Crippen LogP contribution is 2.44. The summed E-state index contributed by atoms with van der Waals surface area (Å²) in [5.41, 5.74) is 5.58. The van der Waals surface area contributed by atoms with Crippen LogP contribution in [0.4, 0.5) is 4.79 Å². The summed E-state index contributed by atoms with van der Waals surface area (Å²) in [5.74, 6) is -0.228. The second-order valence-corrected chi connectivity index (χ2v) is 12.6. The summed E-state index contributed by atoms with van der Waals surface area (Å²) in [6.45, 7) is 4.84. The molecule has 6 nitrogen and oxygen atoms in total. The lowest BCUT2D eigenvalue weighted by Crippen LogP contribution is -2.55. The molecule has 206 valence electrons. The van der Waals surface area contributed by atoms with Crippen LogP contribution in [-0.4, -0.2) is 33.6 Å². The van der Waals surface area contributed by atoms with Gasteiger partial charge in [0.1, 0.15) is 5.00 Å². The minimum absolute atomic E-state index is 0.0943. The molecule has 1 aromatic carbocycles. The monoisotopic (exact) mass is 545 g/mol. The molecule has 2 aromatic heterocycles. The van der Waals surface area contributed by atoms with Gasteiger partial charge in [-0.25, -0.2) is 4.79 Å². The average molecular weight is 546 g/mol. The lowest BCUT2D eigenvalue weighted by Gasteiger charge is -2.40. The fourth-order valence-corrected chi connectivity index (χ4v) is 8.25. The van der Waals surface area contributed by atoms with Crippen molar-refractivity contribution in [1.82, 2.24) is 14.8 Å². The van der Waals surface area contributed by atoms with Crippen molar-refractivity contribution in [1.29, 1.82) is 0 Å². The van der Waals surface area contributed by atoms with E-state index in [4.69, 9.17) is 4.74 Å². The van der Waals surface area contributed by atoms with Crippen molar-refractivity contribution in [3.8, 4) is 5.00 Å². The van der Waals surface area contributed by atoms with Gasteiger partial charge < -0.3 is 19.5 Å². The first-order valence-corrected chi connectivity index (χ1v) is 15.4. The number of nitrogens with zero attached hydrogens (tertiary/aromatic N) is 2. The molecule has 1 atom stereocenters. The Morgan fingerprint density at radius 3 is 2.56 bits per heavy atom. The minimum Gasteiger partial charge on any atom is -0.466 e. The molecule has 1 aliphatic heterocycles. The van der Waals surface area contributed by atoms with Gasteiger partial charge in [-0.3, -0.25) is 4.79 Å². The van der Waals surface area contributed by atoms with Gasteiger partial charge in [-0.05, 0) is 75.6 Å². The number of rotatable bonds is 5. The molecular formula is C32H39N3O3S. The Morgan fingerprint density at radius 2 is 1.79 bits per heavy atom. The molecule has 39 heavy (non-hydrogen) atoms. The van der Waals surface area contributed by atoms with E-state index in [-0.39, 0.29) is 24.5 Å². The summed E-state index contributed by atoms with van der Waals surface area (Å²) >= 11 is 1.90. The summed E-state index contributed by atoms with van der Waals surface area (Å²) in [6, 6.07) is 12.5. The number of thiophene rings is 1. The maximum absolute atomic E-state index is 14.5. The Labute approximate surface area is 235 Å². The number of ether oxygens (including phenoxy) is 1. The second-order valence-electron chi connectivity index (χ2n) is 11.5. The SMILES string of the molecule is CCOC(=O)CC1(NC(=O)N2Cc3c(sc4c3CCCC4)-n3cccc3[C@H]2c2ccc(C)cc2)CCCCC1. The average Bonchev–Trinajstić information content (AvgIpc) is 3.52. The number of carbonyl (C=O) groups excluding carboxylic acids is 2. The molecule has 2 amide bonds. The summed E-state index contributed by atoms with van der Waals surface area (Å²) in [4.78, 5) is 30.7. The molecule has 3 aromatic rings. The maximum Gasteiger partial charge on any atom is 0.318 e. The number of hydrogen-bond donors (Lipinski definition) is 1. The third-order valence-electron chi connectivity index (χ3n) is 8.80. The number of urea groups is 1. The number of aryl methyl sites for hydroxylation is 2. The number of esters is 1. The van der Waals surface area contributed by atoms with Crippen molar-refractivity contribution in [2.75, 3.05) is 6.61 Å². The van der Waals surface area contributed by atoms with Gasteiger partial charge in [-0.1, -0.05) is 49.1 Å². The van der Waals surface area contributed by atoms with E-state index in [9.17, 15) is 9.59 Å². The molecule has 2 aliphatic carbocycles. The molecule has 0 bridgehead atoms. The van der Waals surface area contributed by atoms with Gasteiger partial charge in [0.15, 0.2) is 0 Å². The zero-order chi connectivity index (χ0) is 27.0. The first-order valence-electron chi connectivity index (χ1n) is 14.6. The number of hydrogen-bond acceptors (Lipinski definition) is 4. The highest BCUT2D eigenvalue weighted by Gasteiger charge is 2.41. The first kappa shape index (κ1) is 26.2. The van der Waals surface area contributed by atoms with Crippen molar-refractivity contribution in [2.24, 2.45) is 0 Å². The molecule has 1 saturated carbocycles. The van der Waals surface area contributed by atoms with E-state index in [2.05, 4.69) is 59.4 Å². The van der Waals surface area contributed by atoms with Crippen LogP contribution >= 0.6 is 11.3 Å². The van der Waals surface area contributed by atoms with Crippen LogP contribution in [0.2, 0.25) is 0 Å². The largest absolute Gasteiger partial charge is 0.466 e. The Hall–Kier alpha value is -3.06. The molecule has 1 fully saturated rings. The van der Waals surface area contributed by atoms with Crippen molar-refractivity contribution in [3.63, 3.8) is 0 Å². The molecule has 0 saturated heterocycles. The molecular weight excluding hydrogens is 506 g/mol. The van der Waals surface area contributed by atoms with E-state index in [1.54, 1.807) is 0 Å². The van der Waals surface area contributed by atoms with Crippen molar-refractivity contribution in [2.45, 2.75) is 96.2 Å². The number of benzene rings is 1. The van der Waals surface area contributed by atoms with Crippen LogP contribution in [0.5, 0.6) is 0 Å². The summed E-state index contributed by atoms with van der Waals surface area (Å²) in [5, 5.41) is 4.69. The molecule has 6 rings (SSSR count). The van der Waals surface area contributed by atoms with Gasteiger partial charge >= 0.3 is 12.0 Å². The number of amides is 2. The third kappa shape index (κ3) is 5.02. The number of aromatic nitrogens is 1. The van der Waals surface area contributed by atoms with Gasteiger partial charge in [-0.15, -0.1) is 11.3 Å². The number of fused-ring (bicyclic) bond motifs is 5. The molecule has 0 radical (unpaired) electrons. The van der Waals surface area contributed by atoms with Crippen molar-refractivity contribution in [3.05, 3.63) is 75.4 Å². The van der Waals surface area contributed by atoms with Crippen LogP contribution in [-0.2, 0) is 28.9 Å². The Morgan fingerprint density at radius 1 is 1.03 bits per heavy atom. The van der Waals surface area contributed by atoms with Crippen molar-refractivity contribution < 1.29 is 14.3 Å². The van der Waals surface area contributed by atoms with Gasteiger partial charge in [-0.2, -0.15) is 0 Å². The normalized spacial score (nSPS) is 19.8. The molecule has 7 heteroatoms. The van der Waals surface area contributed by atoms with Crippen LogP contribution in [0.3, 0.4) is 0 Å². The zero-order valence-electron chi connectivity index (χ0n) is 23.1. The topological polar surface area (TPSA) is 63.6 Å². The van der Waals surface area contributed by atoms with E-state index in [0.29, 0.717) is 13.2 Å². The Balaban J connectivity index is 1.43. The standard InChI is InChI=1S/C32H39N3O3S/c1-3-38-28(36)20-32(17-7-4-8-18-32)33-31(37)35-21-25-24-10-5-6-12-27(24)39-30(25)34-19-9-11-26(34)29(35)23-15-13-22(2)14-16-23/h9,11,13-16,19,29H,3-8,10,12,17-18,20-21H2,1-2H3,(H,33,37)/t29-/m1/s1. The van der Waals surface area contributed by atoms with Gasteiger partial charge in [0.25, 0.3) is 0 Å². The predicted molar refractivity (Wildman–Crippen MR) is 154 cm³/mol. The highest BCUT2D eigenvalue weighted by atomic mass is 32.1. The van der Waals surface area contributed by atoms with E-state index < -0.39 is 5.54 Å². The van der Waals surface area contributed by atoms with E-state index >= 15 is 0 Å². The van der Waals surface area contributed by atoms with Crippen molar-refractivity contribution >= 4 is 23.3 Å². The van der Waals surface area contributed by atoms with Gasteiger partial charge in [0.05, 0.1) is 36.8 Å². The second kappa shape index (κ2) is 10.8. The number of nitrogens with one attached hydrogen (secondary N) is 1. The molecule has 3 heterocycles. The van der Waals surface area contributed by atoms with E-state index in [1.807, 2.05) is 23.2 Å². The highest BCUT2D eigenvalue weighted by molar-refractivity contribution is 7.15. The van der Waals surface area contributed by atoms with Gasteiger partial charge in [0, 0.05) is 16.6 Å². The van der Waals surface area contributed by atoms with Crippen LogP contribution in [0.25, 0.3) is 5.00 Å². The molecule has 1 N–H and O–H groups in total. The van der Waals surface area contributed by atoms with E-state index in [0.717, 1.165) is 56.2 Å². The van der Waals surface area contributed by atoms with Crippen LogP contribution in [0, 0.1) is 6.92 Å². The fraction of sp³-hybridized carbons (Fsp3) is 0.500. The zero-order valence-corrected chi connectivity index (χ0v) is 23.9. The molecule has 0 spiro atoms. The van der Waals surface area contributed by atoms with Crippen LogP contribution < -0.4 is 5.32 Å². The smallest absolute Gasteiger partial charge is 0.318 e. The lowest BCUT2D eigenvalue weighted by atomic mass is 9.79. The van der Waals surface area contributed by atoms with Crippen LogP contribution in [0.1, 0.15) is 97.2 Å². The quantitative estimate of drug-likeness (QED) is 0.351. The predicted octanol–water partition coefficient (Wildman–Crippen LogP) is 7.00. The third-order valence-corrected chi connectivity index (χ3v) is 10.1. The summed E-state index contributed by atoms with van der Waals surface area (Å²) < 4.78 is 7.67.